The Morgan fingerprint density at radius 2 is 1.64 bits per heavy atom. The van der Waals surface area contributed by atoms with Gasteiger partial charge in [0, 0.05) is 36.9 Å². The fraction of sp³-hybridized carbons (Fsp3) is 0.350. The molecular weight excluding hydrogens is 336 g/mol. The highest BCUT2D eigenvalue weighted by molar-refractivity contribution is 6.30. The van der Waals surface area contributed by atoms with E-state index in [0.717, 1.165) is 37.5 Å². The number of carbonyl (C=O) groups excluding carboxylic acids is 1. The van der Waals surface area contributed by atoms with Crippen LogP contribution in [0.2, 0.25) is 5.02 Å². The van der Waals surface area contributed by atoms with Crippen LogP contribution in [-0.2, 0) is 11.2 Å². The summed E-state index contributed by atoms with van der Waals surface area (Å²) in [6.45, 7) is 5.85. The van der Waals surface area contributed by atoms with Gasteiger partial charge in [0.05, 0.1) is 13.0 Å². The summed E-state index contributed by atoms with van der Waals surface area (Å²) in [6.07, 6.45) is 0.431. The van der Waals surface area contributed by atoms with Crippen molar-refractivity contribution in [3.63, 3.8) is 0 Å². The van der Waals surface area contributed by atoms with Crippen LogP contribution in [0.25, 0.3) is 0 Å². The number of nitrogens with zero attached hydrogens (tertiary/aromatic N) is 2. The van der Waals surface area contributed by atoms with Crippen molar-refractivity contribution in [2.45, 2.75) is 13.3 Å². The summed E-state index contributed by atoms with van der Waals surface area (Å²) in [5.41, 5.74) is 2.18. The summed E-state index contributed by atoms with van der Waals surface area (Å²) in [5.74, 6) is 1.07. The SMILES string of the molecule is CCOc1ccc(N2CCN(C(=O)Cc3ccc(Cl)cc3)CC2)cc1. The first-order valence-corrected chi connectivity index (χ1v) is 9.03. The summed E-state index contributed by atoms with van der Waals surface area (Å²) in [4.78, 5) is 16.7. The average molecular weight is 359 g/mol. The zero-order valence-corrected chi connectivity index (χ0v) is 15.2. The molecule has 0 bridgehead atoms. The fourth-order valence-electron chi connectivity index (χ4n) is 3.02. The molecule has 0 radical (unpaired) electrons. The van der Waals surface area contributed by atoms with E-state index >= 15 is 0 Å². The minimum absolute atomic E-state index is 0.175. The Bertz CT molecular complexity index is 693. The minimum atomic E-state index is 0.175. The smallest absolute Gasteiger partial charge is 0.227 e. The first-order chi connectivity index (χ1) is 12.2. The molecule has 2 aromatic rings. The third-order valence-corrected chi connectivity index (χ3v) is 4.67. The minimum Gasteiger partial charge on any atom is -0.494 e. The maximum Gasteiger partial charge on any atom is 0.227 e. The topological polar surface area (TPSA) is 32.8 Å². The molecule has 1 heterocycles. The highest BCUT2D eigenvalue weighted by Crippen LogP contribution is 2.21. The van der Waals surface area contributed by atoms with E-state index in [1.54, 1.807) is 0 Å². The highest BCUT2D eigenvalue weighted by atomic mass is 35.5. The molecule has 132 valence electrons. The quantitative estimate of drug-likeness (QED) is 0.818. The summed E-state index contributed by atoms with van der Waals surface area (Å²) < 4.78 is 5.48. The molecule has 2 aromatic carbocycles. The first-order valence-electron chi connectivity index (χ1n) is 8.65. The number of hydrogen-bond donors (Lipinski definition) is 0. The van der Waals surface area contributed by atoms with Crippen LogP contribution in [-0.4, -0.2) is 43.6 Å². The van der Waals surface area contributed by atoms with E-state index in [1.165, 1.54) is 5.69 Å². The van der Waals surface area contributed by atoms with E-state index in [2.05, 4.69) is 17.0 Å². The number of carbonyl (C=O) groups is 1. The number of benzene rings is 2. The number of rotatable bonds is 5. The highest BCUT2D eigenvalue weighted by Gasteiger charge is 2.21. The second-order valence-corrected chi connectivity index (χ2v) is 6.53. The van der Waals surface area contributed by atoms with Gasteiger partial charge in [0.25, 0.3) is 0 Å². The van der Waals surface area contributed by atoms with Gasteiger partial charge in [0.1, 0.15) is 5.75 Å². The lowest BCUT2D eigenvalue weighted by Crippen LogP contribution is -2.49. The molecule has 1 fully saturated rings. The van der Waals surface area contributed by atoms with Crippen LogP contribution in [0.3, 0.4) is 0 Å². The molecule has 25 heavy (non-hydrogen) atoms. The van der Waals surface area contributed by atoms with E-state index in [0.29, 0.717) is 18.1 Å². The van der Waals surface area contributed by atoms with Gasteiger partial charge in [0.2, 0.25) is 5.91 Å². The molecule has 0 aliphatic carbocycles. The van der Waals surface area contributed by atoms with Crippen molar-refractivity contribution in [1.29, 1.82) is 0 Å². The lowest BCUT2D eigenvalue weighted by atomic mass is 10.1. The van der Waals surface area contributed by atoms with Crippen LogP contribution < -0.4 is 9.64 Å². The summed E-state index contributed by atoms with van der Waals surface area (Å²) in [5, 5.41) is 0.695. The Hall–Kier alpha value is -2.20. The van der Waals surface area contributed by atoms with Crippen LogP contribution in [0, 0.1) is 0 Å². The van der Waals surface area contributed by atoms with Crippen molar-refractivity contribution in [2.75, 3.05) is 37.7 Å². The standard InChI is InChI=1S/C20H23ClN2O2/c1-2-25-19-9-7-18(8-10-19)22-11-13-23(14-12-22)20(24)15-16-3-5-17(21)6-4-16/h3-10H,2,11-15H2,1H3. The van der Waals surface area contributed by atoms with Gasteiger partial charge in [-0.2, -0.15) is 0 Å². The molecule has 0 unspecified atom stereocenters. The maximum atomic E-state index is 12.5. The second-order valence-electron chi connectivity index (χ2n) is 6.10. The molecule has 1 amide bonds. The van der Waals surface area contributed by atoms with E-state index in [-0.39, 0.29) is 5.91 Å². The number of hydrogen-bond acceptors (Lipinski definition) is 3. The molecule has 0 spiro atoms. The van der Waals surface area contributed by atoms with E-state index in [1.807, 2.05) is 48.2 Å². The van der Waals surface area contributed by atoms with Crippen molar-refractivity contribution in [1.82, 2.24) is 4.90 Å². The Morgan fingerprint density at radius 3 is 2.24 bits per heavy atom. The molecule has 4 nitrogen and oxygen atoms in total. The van der Waals surface area contributed by atoms with Crippen LogP contribution >= 0.6 is 11.6 Å². The number of anilines is 1. The van der Waals surface area contributed by atoms with Crippen molar-refractivity contribution in [2.24, 2.45) is 0 Å². The number of halogens is 1. The average Bonchev–Trinajstić information content (AvgIpc) is 2.65. The Balaban J connectivity index is 1.52. The third-order valence-electron chi connectivity index (χ3n) is 4.41. The molecule has 1 aliphatic rings. The van der Waals surface area contributed by atoms with Crippen molar-refractivity contribution in [3.8, 4) is 5.75 Å². The van der Waals surface area contributed by atoms with Gasteiger partial charge >= 0.3 is 0 Å². The normalized spacial score (nSPS) is 14.5. The molecule has 5 heteroatoms. The predicted molar refractivity (Wildman–Crippen MR) is 102 cm³/mol. The molecular formula is C20H23ClN2O2. The zero-order valence-electron chi connectivity index (χ0n) is 14.5. The van der Waals surface area contributed by atoms with E-state index in [9.17, 15) is 4.79 Å². The van der Waals surface area contributed by atoms with Crippen LogP contribution in [0.1, 0.15) is 12.5 Å². The zero-order chi connectivity index (χ0) is 17.6. The lowest BCUT2D eigenvalue weighted by molar-refractivity contribution is -0.130. The summed E-state index contributed by atoms with van der Waals surface area (Å²) in [6, 6.07) is 15.6. The Labute approximate surface area is 154 Å². The van der Waals surface area contributed by atoms with E-state index in [4.69, 9.17) is 16.3 Å². The Morgan fingerprint density at radius 1 is 1.00 bits per heavy atom. The maximum absolute atomic E-state index is 12.5. The number of ether oxygens (including phenoxy) is 1. The van der Waals surface area contributed by atoms with Crippen LogP contribution in [0.4, 0.5) is 5.69 Å². The van der Waals surface area contributed by atoms with Crippen molar-refractivity contribution in [3.05, 3.63) is 59.1 Å². The molecule has 0 saturated carbocycles. The predicted octanol–water partition coefficient (Wildman–Crippen LogP) is 3.63. The number of amides is 1. The molecule has 1 aliphatic heterocycles. The van der Waals surface area contributed by atoms with Gasteiger partial charge < -0.3 is 14.5 Å². The number of piperazine rings is 1. The molecule has 3 rings (SSSR count). The van der Waals surface area contributed by atoms with Crippen LogP contribution in [0.15, 0.2) is 48.5 Å². The van der Waals surface area contributed by atoms with E-state index < -0.39 is 0 Å². The van der Waals surface area contributed by atoms with Crippen LogP contribution in [0.5, 0.6) is 5.75 Å². The molecule has 0 N–H and O–H groups in total. The van der Waals surface area contributed by atoms with Gasteiger partial charge in [-0.25, -0.2) is 0 Å². The fourth-order valence-corrected chi connectivity index (χ4v) is 3.15. The molecule has 1 saturated heterocycles. The van der Waals surface area contributed by atoms with Gasteiger partial charge in [-0.05, 0) is 48.9 Å². The summed E-state index contributed by atoms with van der Waals surface area (Å²) >= 11 is 5.89. The van der Waals surface area contributed by atoms with Gasteiger partial charge in [-0.15, -0.1) is 0 Å². The summed E-state index contributed by atoms with van der Waals surface area (Å²) in [7, 11) is 0. The second kappa shape index (κ2) is 8.26. The Kier molecular flexibility index (Phi) is 5.82. The monoisotopic (exact) mass is 358 g/mol. The van der Waals surface area contributed by atoms with Gasteiger partial charge in [-0.1, -0.05) is 23.7 Å². The lowest BCUT2D eigenvalue weighted by Gasteiger charge is -2.36. The molecule has 0 atom stereocenters. The first kappa shape index (κ1) is 17.6. The molecule has 0 aromatic heterocycles. The van der Waals surface area contributed by atoms with Gasteiger partial charge in [0.15, 0.2) is 0 Å². The van der Waals surface area contributed by atoms with Gasteiger partial charge in [-0.3, -0.25) is 4.79 Å². The van der Waals surface area contributed by atoms with Crippen molar-refractivity contribution < 1.29 is 9.53 Å². The third kappa shape index (κ3) is 4.67. The largest absolute Gasteiger partial charge is 0.494 e. The van der Waals surface area contributed by atoms with Crippen molar-refractivity contribution >= 4 is 23.2 Å².